The molecule has 1 amide bonds. The molecular weight excluding hydrogens is 432 g/mol. The summed E-state index contributed by atoms with van der Waals surface area (Å²) in [5.41, 5.74) is 0.913. The normalized spacial score (nSPS) is 15.0. The quantitative estimate of drug-likeness (QED) is 0.471. The number of nitrogens with zero attached hydrogens (tertiary/aromatic N) is 3. The molecule has 1 fully saturated rings. The SMILES string of the molecule is CC(Oc1ccccc1Cl)c1nnc(SCC(=O)NC2CCCC2)n1-c1ccccc1. The second kappa shape index (κ2) is 10.2. The Balaban J connectivity index is 1.54. The monoisotopic (exact) mass is 456 g/mol. The number of benzene rings is 2. The Morgan fingerprint density at radius 2 is 1.87 bits per heavy atom. The molecule has 0 aliphatic heterocycles. The second-order valence-electron chi connectivity index (χ2n) is 7.54. The molecule has 0 bridgehead atoms. The molecule has 1 atom stereocenters. The average Bonchev–Trinajstić information content (AvgIpc) is 3.44. The van der Waals surface area contributed by atoms with Crippen LogP contribution in [0.15, 0.2) is 59.8 Å². The summed E-state index contributed by atoms with van der Waals surface area (Å²) in [7, 11) is 0. The number of carbonyl (C=O) groups is 1. The lowest BCUT2D eigenvalue weighted by atomic mass is 10.2. The predicted octanol–water partition coefficient (Wildman–Crippen LogP) is 5.21. The van der Waals surface area contributed by atoms with Gasteiger partial charge in [0.25, 0.3) is 0 Å². The van der Waals surface area contributed by atoms with E-state index >= 15 is 0 Å². The molecule has 31 heavy (non-hydrogen) atoms. The molecule has 1 heterocycles. The van der Waals surface area contributed by atoms with E-state index in [1.54, 1.807) is 6.07 Å². The van der Waals surface area contributed by atoms with Crippen molar-refractivity contribution in [3.63, 3.8) is 0 Å². The van der Waals surface area contributed by atoms with Gasteiger partial charge in [0.2, 0.25) is 5.91 Å². The number of rotatable bonds is 8. The third-order valence-corrected chi connectivity index (χ3v) is 6.47. The summed E-state index contributed by atoms with van der Waals surface area (Å²) < 4.78 is 8.02. The van der Waals surface area contributed by atoms with Crippen molar-refractivity contribution >= 4 is 29.3 Å². The van der Waals surface area contributed by atoms with Gasteiger partial charge in [0.05, 0.1) is 10.8 Å². The molecule has 1 aliphatic rings. The summed E-state index contributed by atoms with van der Waals surface area (Å²) in [6.45, 7) is 1.91. The third kappa shape index (κ3) is 5.40. The van der Waals surface area contributed by atoms with Gasteiger partial charge in [-0.05, 0) is 44.0 Å². The minimum Gasteiger partial charge on any atom is -0.481 e. The van der Waals surface area contributed by atoms with Crippen molar-refractivity contribution in [2.24, 2.45) is 0 Å². The van der Waals surface area contributed by atoms with E-state index in [9.17, 15) is 4.79 Å². The van der Waals surface area contributed by atoms with Crippen molar-refractivity contribution < 1.29 is 9.53 Å². The van der Waals surface area contributed by atoms with E-state index in [-0.39, 0.29) is 5.91 Å². The molecule has 1 N–H and O–H groups in total. The number of carbonyl (C=O) groups excluding carboxylic acids is 1. The number of hydrogen-bond acceptors (Lipinski definition) is 5. The van der Waals surface area contributed by atoms with E-state index in [4.69, 9.17) is 16.3 Å². The number of hydrogen-bond donors (Lipinski definition) is 1. The molecule has 3 aromatic rings. The van der Waals surface area contributed by atoms with Crippen LogP contribution in [0.4, 0.5) is 0 Å². The Bertz CT molecular complexity index is 1020. The summed E-state index contributed by atoms with van der Waals surface area (Å²) in [6, 6.07) is 17.5. The molecule has 162 valence electrons. The van der Waals surface area contributed by atoms with E-state index in [1.807, 2.05) is 60.0 Å². The Hall–Kier alpha value is -2.51. The van der Waals surface area contributed by atoms with Crippen molar-refractivity contribution in [3.05, 3.63) is 65.4 Å². The molecule has 1 saturated carbocycles. The van der Waals surface area contributed by atoms with Gasteiger partial charge in [-0.25, -0.2) is 0 Å². The molecule has 8 heteroatoms. The topological polar surface area (TPSA) is 69.0 Å². The molecule has 0 radical (unpaired) electrons. The maximum absolute atomic E-state index is 12.4. The molecule has 4 rings (SSSR count). The first-order valence-electron chi connectivity index (χ1n) is 10.5. The average molecular weight is 457 g/mol. The van der Waals surface area contributed by atoms with Crippen molar-refractivity contribution in [2.45, 2.75) is 49.9 Å². The minimum atomic E-state index is -0.394. The zero-order valence-corrected chi connectivity index (χ0v) is 18.9. The van der Waals surface area contributed by atoms with E-state index in [2.05, 4.69) is 15.5 Å². The lowest BCUT2D eigenvalue weighted by molar-refractivity contribution is -0.119. The molecule has 0 spiro atoms. The summed E-state index contributed by atoms with van der Waals surface area (Å²) in [6.07, 6.45) is 4.12. The van der Waals surface area contributed by atoms with Crippen LogP contribution < -0.4 is 10.1 Å². The predicted molar refractivity (Wildman–Crippen MR) is 123 cm³/mol. The van der Waals surface area contributed by atoms with Crippen LogP contribution in [-0.4, -0.2) is 32.5 Å². The molecular formula is C23H25ClN4O2S. The maximum Gasteiger partial charge on any atom is 0.230 e. The third-order valence-electron chi connectivity index (χ3n) is 5.23. The Morgan fingerprint density at radius 3 is 2.61 bits per heavy atom. The van der Waals surface area contributed by atoms with Crippen LogP contribution in [0.3, 0.4) is 0 Å². The molecule has 1 unspecified atom stereocenters. The van der Waals surface area contributed by atoms with Crippen LogP contribution in [0, 0.1) is 0 Å². The molecule has 1 aromatic heterocycles. The number of aromatic nitrogens is 3. The number of thioether (sulfide) groups is 1. The molecule has 2 aromatic carbocycles. The maximum atomic E-state index is 12.4. The van der Waals surface area contributed by atoms with Gasteiger partial charge in [0.1, 0.15) is 5.75 Å². The van der Waals surface area contributed by atoms with E-state index < -0.39 is 6.10 Å². The number of amides is 1. The largest absolute Gasteiger partial charge is 0.481 e. The van der Waals surface area contributed by atoms with Crippen LogP contribution in [0.25, 0.3) is 5.69 Å². The van der Waals surface area contributed by atoms with Gasteiger partial charge in [0.15, 0.2) is 17.1 Å². The first kappa shape index (κ1) is 21.7. The number of nitrogens with one attached hydrogen (secondary N) is 1. The highest BCUT2D eigenvalue weighted by molar-refractivity contribution is 7.99. The summed E-state index contributed by atoms with van der Waals surface area (Å²) >= 11 is 7.63. The zero-order chi connectivity index (χ0) is 21.6. The molecule has 0 saturated heterocycles. The highest BCUT2D eigenvalue weighted by Gasteiger charge is 2.23. The van der Waals surface area contributed by atoms with Crippen molar-refractivity contribution in [3.8, 4) is 11.4 Å². The fourth-order valence-electron chi connectivity index (χ4n) is 3.71. The first-order valence-corrected chi connectivity index (χ1v) is 11.8. The Morgan fingerprint density at radius 1 is 1.16 bits per heavy atom. The fraction of sp³-hybridized carbons (Fsp3) is 0.348. The highest BCUT2D eigenvalue weighted by atomic mass is 35.5. The van der Waals surface area contributed by atoms with E-state index in [0.717, 1.165) is 18.5 Å². The lowest BCUT2D eigenvalue weighted by Gasteiger charge is -2.17. The van der Waals surface area contributed by atoms with Gasteiger partial charge in [-0.3, -0.25) is 9.36 Å². The van der Waals surface area contributed by atoms with Gasteiger partial charge < -0.3 is 10.1 Å². The first-order chi connectivity index (χ1) is 15.1. The molecule has 6 nitrogen and oxygen atoms in total. The highest BCUT2D eigenvalue weighted by Crippen LogP contribution is 2.31. The number of para-hydroxylation sites is 2. The van der Waals surface area contributed by atoms with Gasteiger partial charge in [-0.15, -0.1) is 10.2 Å². The van der Waals surface area contributed by atoms with Crippen LogP contribution in [0.1, 0.15) is 44.5 Å². The standard InChI is InChI=1S/C23H25ClN4O2S/c1-16(30-20-14-8-7-13-19(20)24)22-26-27-23(28(22)18-11-3-2-4-12-18)31-15-21(29)25-17-9-5-6-10-17/h2-4,7-8,11-14,16-17H,5-6,9-10,15H2,1H3,(H,25,29). The lowest BCUT2D eigenvalue weighted by Crippen LogP contribution is -2.33. The van der Waals surface area contributed by atoms with Crippen LogP contribution in [-0.2, 0) is 4.79 Å². The Labute approximate surface area is 191 Å². The van der Waals surface area contributed by atoms with Crippen LogP contribution >= 0.6 is 23.4 Å². The Kier molecular flexibility index (Phi) is 7.14. The fourth-order valence-corrected chi connectivity index (χ4v) is 4.66. The number of ether oxygens (including phenoxy) is 1. The zero-order valence-electron chi connectivity index (χ0n) is 17.3. The van der Waals surface area contributed by atoms with Crippen molar-refractivity contribution in [1.29, 1.82) is 0 Å². The summed E-state index contributed by atoms with van der Waals surface area (Å²) in [4.78, 5) is 12.4. The van der Waals surface area contributed by atoms with Gasteiger partial charge in [-0.2, -0.15) is 0 Å². The van der Waals surface area contributed by atoms with Crippen LogP contribution in [0.2, 0.25) is 5.02 Å². The van der Waals surface area contributed by atoms with E-state index in [0.29, 0.717) is 33.5 Å². The van der Waals surface area contributed by atoms with E-state index in [1.165, 1.54) is 24.6 Å². The number of halogens is 1. The van der Waals surface area contributed by atoms with Gasteiger partial charge >= 0.3 is 0 Å². The minimum absolute atomic E-state index is 0.0291. The van der Waals surface area contributed by atoms with Crippen molar-refractivity contribution in [1.82, 2.24) is 20.1 Å². The summed E-state index contributed by atoms with van der Waals surface area (Å²) in [5.74, 6) is 1.55. The van der Waals surface area contributed by atoms with Crippen LogP contribution in [0.5, 0.6) is 5.75 Å². The van der Waals surface area contributed by atoms with Gasteiger partial charge in [0, 0.05) is 11.7 Å². The molecule has 1 aliphatic carbocycles. The van der Waals surface area contributed by atoms with Crippen molar-refractivity contribution in [2.75, 3.05) is 5.75 Å². The second-order valence-corrected chi connectivity index (χ2v) is 8.89. The summed E-state index contributed by atoms with van der Waals surface area (Å²) in [5, 5.41) is 13.1. The van der Waals surface area contributed by atoms with Gasteiger partial charge in [-0.1, -0.05) is 66.5 Å². The smallest absolute Gasteiger partial charge is 0.230 e.